The Hall–Kier alpha value is -3.15. The number of aliphatic carboxylic acids is 1. The number of unbranched alkanes of at least 4 members (excludes halogenated alkanes) is 2. The molecule has 0 radical (unpaired) electrons. The first-order chi connectivity index (χ1) is 13.1. The fourth-order valence-corrected chi connectivity index (χ4v) is 3.93. The van der Waals surface area contributed by atoms with Gasteiger partial charge in [-0.2, -0.15) is 0 Å². The Bertz CT molecular complexity index is 924. The minimum atomic E-state index is -0.806. The molecule has 2 amide bonds. The van der Waals surface area contributed by atoms with Gasteiger partial charge in [0, 0.05) is 24.1 Å². The highest BCUT2D eigenvalue weighted by molar-refractivity contribution is 6.16. The second-order valence-electron chi connectivity index (χ2n) is 6.86. The van der Waals surface area contributed by atoms with Crippen LogP contribution in [0.1, 0.15) is 58.1 Å². The van der Waals surface area contributed by atoms with Crippen molar-refractivity contribution in [3.05, 3.63) is 65.2 Å². The van der Waals surface area contributed by atoms with Crippen molar-refractivity contribution < 1.29 is 19.5 Å². The van der Waals surface area contributed by atoms with E-state index in [2.05, 4.69) is 0 Å². The van der Waals surface area contributed by atoms with Crippen molar-refractivity contribution in [1.82, 2.24) is 4.90 Å². The molecule has 2 aromatic rings. The van der Waals surface area contributed by atoms with E-state index in [-0.39, 0.29) is 18.2 Å². The summed E-state index contributed by atoms with van der Waals surface area (Å²) in [6, 6.07) is 14.6. The van der Waals surface area contributed by atoms with Gasteiger partial charge in [0.2, 0.25) is 0 Å². The van der Waals surface area contributed by atoms with E-state index in [9.17, 15) is 14.4 Å². The zero-order valence-corrected chi connectivity index (χ0v) is 14.8. The van der Waals surface area contributed by atoms with Crippen LogP contribution < -0.4 is 4.90 Å². The number of hydrogen-bond acceptors (Lipinski definition) is 3. The molecule has 0 aliphatic carbocycles. The third-order valence-electron chi connectivity index (χ3n) is 5.17. The van der Waals surface area contributed by atoms with Gasteiger partial charge in [-0.3, -0.25) is 19.3 Å². The van der Waals surface area contributed by atoms with Crippen LogP contribution in [0.5, 0.6) is 0 Å². The van der Waals surface area contributed by atoms with Gasteiger partial charge in [-0.15, -0.1) is 0 Å². The molecule has 0 saturated heterocycles. The Morgan fingerprint density at radius 1 is 0.889 bits per heavy atom. The van der Waals surface area contributed by atoms with Gasteiger partial charge in [0.15, 0.2) is 0 Å². The number of carbonyl (C=O) groups excluding carboxylic acids is 2. The van der Waals surface area contributed by atoms with Crippen molar-refractivity contribution >= 4 is 23.5 Å². The van der Waals surface area contributed by atoms with Gasteiger partial charge in [0.1, 0.15) is 6.17 Å². The number of fused-ring (bicyclic) bond motifs is 5. The molecule has 0 spiro atoms. The molecule has 2 heterocycles. The summed E-state index contributed by atoms with van der Waals surface area (Å²) in [4.78, 5) is 40.3. The van der Waals surface area contributed by atoms with E-state index in [1.54, 1.807) is 28.0 Å². The predicted octanol–water partition coefficient (Wildman–Crippen LogP) is 3.45. The number of carboxylic acid groups (broad SMARTS) is 1. The Labute approximate surface area is 157 Å². The van der Waals surface area contributed by atoms with Crippen LogP contribution in [0.15, 0.2) is 48.5 Å². The van der Waals surface area contributed by atoms with Gasteiger partial charge in [-0.25, -0.2) is 0 Å². The highest BCUT2D eigenvalue weighted by atomic mass is 16.4. The van der Waals surface area contributed by atoms with E-state index in [0.717, 1.165) is 12.0 Å². The highest BCUT2D eigenvalue weighted by Gasteiger charge is 2.47. The molecule has 6 nitrogen and oxygen atoms in total. The van der Waals surface area contributed by atoms with Crippen molar-refractivity contribution in [1.29, 1.82) is 0 Å². The van der Waals surface area contributed by atoms with Gasteiger partial charge in [0.25, 0.3) is 11.8 Å². The maximum atomic E-state index is 13.1. The van der Waals surface area contributed by atoms with E-state index in [0.29, 0.717) is 36.2 Å². The molecule has 4 rings (SSSR count). The van der Waals surface area contributed by atoms with Gasteiger partial charge in [-0.05, 0) is 31.0 Å². The fourth-order valence-electron chi connectivity index (χ4n) is 3.93. The van der Waals surface area contributed by atoms with Crippen molar-refractivity contribution in [2.45, 2.75) is 31.8 Å². The van der Waals surface area contributed by atoms with Gasteiger partial charge in [-0.1, -0.05) is 36.8 Å². The number of anilines is 1. The lowest BCUT2D eigenvalue weighted by Crippen LogP contribution is -2.48. The van der Waals surface area contributed by atoms with E-state index in [4.69, 9.17) is 5.11 Å². The Kier molecular flexibility index (Phi) is 4.39. The Morgan fingerprint density at radius 3 is 2.37 bits per heavy atom. The minimum absolute atomic E-state index is 0.0883. The summed E-state index contributed by atoms with van der Waals surface area (Å²) < 4.78 is 0. The second-order valence-corrected chi connectivity index (χ2v) is 6.86. The third kappa shape index (κ3) is 2.87. The van der Waals surface area contributed by atoms with Crippen molar-refractivity contribution in [2.24, 2.45) is 0 Å². The molecule has 2 aliphatic rings. The number of hydrogen-bond donors (Lipinski definition) is 1. The van der Waals surface area contributed by atoms with Crippen LogP contribution in [-0.2, 0) is 4.79 Å². The molecule has 27 heavy (non-hydrogen) atoms. The monoisotopic (exact) mass is 364 g/mol. The molecule has 2 aromatic carbocycles. The lowest BCUT2D eigenvalue weighted by molar-refractivity contribution is -0.137. The second kappa shape index (κ2) is 6.87. The average Bonchev–Trinajstić information content (AvgIpc) is 2.97. The van der Waals surface area contributed by atoms with Crippen LogP contribution in [0, 0.1) is 0 Å². The summed E-state index contributed by atoms with van der Waals surface area (Å²) >= 11 is 0. The number of para-hydroxylation sites is 1. The number of benzene rings is 2. The smallest absolute Gasteiger partial charge is 0.303 e. The fraction of sp³-hybridized carbons (Fsp3) is 0.286. The molecule has 138 valence electrons. The lowest BCUT2D eigenvalue weighted by Gasteiger charge is -2.41. The van der Waals surface area contributed by atoms with Crippen molar-refractivity contribution in [3.63, 3.8) is 0 Å². The number of amides is 2. The standard InChI is InChI=1S/C21H20N2O4/c24-18(25)12-2-1-7-13-22-19-14-8-3-4-9-15(14)21(27)23(19)17-11-6-5-10-16(17)20(22)26/h3-6,8-11,19H,1-2,7,12-13H2,(H,24,25)/t19-/m1/s1. The molecular formula is C21H20N2O4. The molecule has 0 bridgehead atoms. The molecule has 2 aliphatic heterocycles. The first kappa shape index (κ1) is 17.3. The number of carboxylic acids is 1. The summed E-state index contributed by atoms with van der Waals surface area (Å²) in [6.45, 7) is 0.482. The molecule has 1 N–H and O–H groups in total. The molecule has 0 saturated carbocycles. The van der Waals surface area contributed by atoms with E-state index < -0.39 is 12.1 Å². The topological polar surface area (TPSA) is 77.9 Å². The molecule has 0 fully saturated rings. The zero-order valence-electron chi connectivity index (χ0n) is 14.8. The first-order valence-electron chi connectivity index (χ1n) is 9.14. The van der Waals surface area contributed by atoms with Crippen molar-refractivity contribution in [2.75, 3.05) is 11.4 Å². The van der Waals surface area contributed by atoms with Gasteiger partial charge >= 0.3 is 5.97 Å². The van der Waals surface area contributed by atoms with Crippen molar-refractivity contribution in [3.8, 4) is 0 Å². The third-order valence-corrected chi connectivity index (χ3v) is 5.17. The van der Waals surface area contributed by atoms with Gasteiger partial charge in [0.05, 0.1) is 11.3 Å². The zero-order chi connectivity index (χ0) is 19.0. The SMILES string of the molecule is O=C(O)CCCCCN1C(=O)c2ccccc2N2C(=O)c3ccccc3[C@H]12. The molecule has 0 unspecified atom stereocenters. The van der Waals surface area contributed by atoms with Crippen LogP contribution >= 0.6 is 0 Å². The highest BCUT2D eigenvalue weighted by Crippen LogP contribution is 2.45. The predicted molar refractivity (Wildman–Crippen MR) is 99.6 cm³/mol. The van der Waals surface area contributed by atoms with Crippen LogP contribution in [0.25, 0.3) is 0 Å². The number of rotatable bonds is 6. The summed E-state index contributed by atoms with van der Waals surface area (Å²) in [7, 11) is 0. The molecule has 1 atom stereocenters. The Balaban J connectivity index is 1.66. The van der Waals surface area contributed by atoms with E-state index in [1.165, 1.54) is 0 Å². The summed E-state index contributed by atoms with van der Waals surface area (Å²) in [6.07, 6.45) is 1.70. The van der Waals surface area contributed by atoms with Crippen LogP contribution in [-0.4, -0.2) is 34.3 Å². The lowest BCUT2D eigenvalue weighted by atomic mass is 10.0. The van der Waals surface area contributed by atoms with Crippen LogP contribution in [0.3, 0.4) is 0 Å². The van der Waals surface area contributed by atoms with Crippen LogP contribution in [0.4, 0.5) is 5.69 Å². The van der Waals surface area contributed by atoms with E-state index in [1.807, 2.05) is 30.3 Å². The number of nitrogens with zero attached hydrogens (tertiary/aromatic N) is 2. The molecule has 6 heteroatoms. The molecular weight excluding hydrogens is 344 g/mol. The van der Waals surface area contributed by atoms with E-state index >= 15 is 0 Å². The largest absolute Gasteiger partial charge is 0.481 e. The maximum Gasteiger partial charge on any atom is 0.303 e. The summed E-state index contributed by atoms with van der Waals surface area (Å²) in [5.41, 5.74) is 2.65. The summed E-state index contributed by atoms with van der Waals surface area (Å²) in [5.74, 6) is -0.986. The van der Waals surface area contributed by atoms with Crippen LogP contribution in [0.2, 0.25) is 0 Å². The normalized spacial score (nSPS) is 17.6. The average molecular weight is 364 g/mol. The molecule has 0 aromatic heterocycles. The quantitative estimate of drug-likeness (QED) is 0.797. The summed E-state index contributed by atoms with van der Waals surface area (Å²) in [5, 5.41) is 8.77. The first-order valence-corrected chi connectivity index (χ1v) is 9.14. The Morgan fingerprint density at radius 2 is 1.59 bits per heavy atom. The minimum Gasteiger partial charge on any atom is -0.481 e. The number of carbonyl (C=O) groups is 3. The van der Waals surface area contributed by atoms with Gasteiger partial charge < -0.3 is 10.0 Å². The maximum absolute atomic E-state index is 13.1.